The molecule has 9 nitrogen and oxygen atoms in total. The smallest absolute Gasteiger partial charge is 0.225 e. The van der Waals surface area contributed by atoms with E-state index >= 15 is 0 Å². The second kappa shape index (κ2) is 8.90. The van der Waals surface area contributed by atoms with Crippen LogP contribution in [-0.4, -0.2) is 47.4 Å². The van der Waals surface area contributed by atoms with E-state index in [1.54, 1.807) is 44.5 Å². The van der Waals surface area contributed by atoms with E-state index in [9.17, 15) is 4.79 Å². The second-order valence-electron chi connectivity index (χ2n) is 7.21. The highest BCUT2D eigenvalue weighted by molar-refractivity contribution is 5.92. The summed E-state index contributed by atoms with van der Waals surface area (Å²) < 4.78 is 17.8. The zero-order valence-corrected chi connectivity index (χ0v) is 16.6. The molecule has 0 radical (unpaired) electrons. The minimum Gasteiger partial charge on any atom is -0.493 e. The van der Waals surface area contributed by atoms with E-state index in [4.69, 9.17) is 14.2 Å². The number of nitrogens with zero attached hydrogens (tertiary/aromatic N) is 4. The van der Waals surface area contributed by atoms with Gasteiger partial charge in [0.25, 0.3) is 0 Å². The van der Waals surface area contributed by atoms with Gasteiger partial charge in [-0.05, 0) is 28.7 Å². The number of nitrogens with one attached hydrogen (secondary N) is 1. The van der Waals surface area contributed by atoms with Crippen molar-refractivity contribution in [3.63, 3.8) is 0 Å². The Morgan fingerprint density at radius 3 is 2.32 bits per heavy atom. The normalized spacial score (nSPS) is 15.7. The molecule has 1 fully saturated rings. The number of hydrogen-bond donors (Lipinski definition) is 1. The number of benzene rings is 1. The summed E-state index contributed by atoms with van der Waals surface area (Å²) in [6, 6.07) is 3.46. The first kappa shape index (κ1) is 19.9. The SMILES string of the molecule is COc1cc(NC(=O)CC2(Cn3cnnn3)CCCCC2)cc(OC)c1OC. The zero-order chi connectivity index (χ0) is 20.0. The van der Waals surface area contributed by atoms with Crippen LogP contribution < -0.4 is 19.5 Å². The minimum atomic E-state index is -0.141. The second-order valence-corrected chi connectivity index (χ2v) is 7.21. The van der Waals surface area contributed by atoms with Crippen LogP contribution in [0.1, 0.15) is 38.5 Å². The van der Waals surface area contributed by atoms with Gasteiger partial charge in [-0.1, -0.05) is 19.3 Å². The summed E-state index contributed by atoms with van der Waals surface area (Å²) in [6.45, 7) is 0.642. The van der Waals surface area contributed by atoms with Gasteiger partial charge in [-0.2, -0.15) is 0 Å². The summed E-state index contributed by atoms with van der Waals surface area (Å²) in [4.78, 5) is 12.9. The highest BCUT2D eigenvalue weighted by atomic mass is 16.5. The number of amides is 1. The van der Waals surface area contributed by atoms with Gasteiger partial charge in [0, 0.05) is 24.2 Å². The van der Waals surface area contributed by atoms with Crippen molar-refractivity contribution in [3.05, 3.63) is 18.5 Å². The summed E-state index contributed by atoms with van der Waals surface area (Å²) in [7, 11) is 4.64. The summed E-state index contributed by atoms with van der Waals surface area (Å²) in [5, 5.41) is 14.4. The average molecular weight is 389 g/mol. The van der Waals surface area contributed by atoms with Crippen LogP contribution in [0.5, 0.6) is 17.2 Å². The van der Waals surface area contributed by atoms with Crippen LogP contribution in [0.15, 0.2) is 18.5 Å². The van der Waals surface area contributed by atoms with Gasteiger partial charge in [0.2, 0.25) is 11.7 Å². The van der Waals surface area contributed by atoms with Crippen LogP contribution in [0.4, 0.5) is 5.69 Å². The van der Waals surface area contributed by atoms with E-state index in [0.29, 0.717) is 35.9 Å². The third-order valence-corrected chi connectivity index (χ3v) is 5.29. The van der Waals surface area contributed by atoms with Crippen molar-refractivity contribution in [1.29, 1.82) is 0 Å². The topological polar surface area (TPSA) is 100 Å². The monoisotopic (exact) mass is 389 g/mol. The first-order valence-corrected chi connectivity index (χ1v) is 9.40. The number of carbonyl (C=O) groups excluding carboxylic acids is 1. The first-order valence-electron chi connectivity index (χ1n) is 9.40. The highest BCUT2D eigenvalue weighted by Crippen LogP contribution is 2.42. The van der Waals surface area contributed by atoms with E-state index in [1.807, 2.05) is 0 Å². The maximum atomic E-state index is 12.9. The van der Waals surface area contributed by atoms with E-state index in [-0.39, 0.29) is 11.3 Å². The summed E-state index contributed by atoms with van der Waals surface area (Å²) in [5.41, 5.74) is 0.464. The molecule has 1 N–H and O–H groups in total. The highest BCUT2D eigenvalue weighted by Gasteiger charge is 2.35. The standard InChI is InChI=1S/C19H27N5O4/c1-26-15-9-14(10-16(27-2)18(15)28-3)21-17(25)11-19(7-5-4-6-8-19)12-24-13-20-22-23-24/h9-10,13H,4-8,11-12H2,1-3H3,(H,21,25). The van der Waals surface area contributed by atoms with Gasteiger partial charge >= 0.3 is 0 Å². The average Bonchev–Trinajstić information content (AvgIpc) is 3.20. The zero-order valence-electron chi connectivity index (χ0n) is 16.6. The summed E-state index contributed by atoms with van der Waals surface area (Å²) in [5.74, 6) is 1.44. The molecule has 0 atom stereocenters. The largest absolute Gasteiger partial charge is 0.493 e. The molecule has 152 valence electrons. The predicted molar refractivity (Wildman–Crippen MR) is 103 cm³/mol. The van der Waals surface area contributed by atoms with Crippen LogP contribution in [-0.2, 0) is 11.3 Å². The van der Waals surface area contributed by atoms with E-state index < -0.39 is 0 Å². The number of rotatable bonds is 8. The predicted octanol–water partition coefficient (Wildman–Crippen LogP) is 2.68. The third kappa shape index (κ3) is 4.52. The van der Waals surface area contributed by atoms with Crippen LogP contribution in [0.2, 0.25) is 0 Å². The van der Waals surface area contributed by atoms with Crippen LogP contribution in [0.3, 0.4) is 0 Å². The molecule has 9 heteroatoms. The van der Waals surface area contributed by atoms with E-state index in [0.717, 1.165) is 25.7 Å². The van der Waals surface area contributed by atoms with Crippen LogP contribution >= 0.6 is 0 Å². The molecule has 0 unspecified atom stereocenters. The molecular formula is C19H27N5O4. The van der Waals surface area contributed by atoms with Crippen molar-refractivity contribution in [2.24, 2.45) is 5.41 Å². The van der Waals surface area contributed by atoms with Gasteiger partial charge < -0.3 is 19.5 Å². The molecule has 0 spiro atoms. The molecule has 1 aliphatic rings. The fourth-order valence-corrected chi connectivity index (χ4v) is 3.99. The van der Waals surface area contributed by atoms with Crippen molar-refractivity contribution in [3.8, 4) is 17.2 Å². The Hall–Kier alpha value is -2.84. The lowest BCUT2D eigenvalue weighted by Gasteiger charge is -2.36. The molecule has 0 aliphatic heterocycles. The fraction of sp³-hybridized carbons (Fsp3) is 0.579. The van der Waals surface area contributed by atoms with Gasteiger partial charge in [0.15, 0.2) is 11.5 Å². The van der Waals surface area contributed by atoms with Crippen molar-refractivity contribution >= 4 is 11.6 Å². The summed E-state index contributed by atoms with van der Waals surface area (Å²) in [6.07, 6.45) is 7.40. The first-order chi connectivity index (χ1) is 13.6. The Morgan fingerprint density at radius 2 is 1.79 bits per heavy atom. The molecule has 1 heterocycles. The van der Waals surface area contributed by atoms with Crippen molar-refractivity contribution in [1.82, 2.24) is 20.2 Å². The molecule has 2 aromatic rings. The molecule has 1 aliphatic carbocycles. The molecule has 1 aromatic heterocycles. The molecular weight excluding hydrogens is 362 g/mol. The molecule has 3 rings (SSSR count). The number of tetrazole rings is 1. The van der Waals surface area contributed by atoms with Gasteiger partial charge in [-0.15, -0.1) is 5.10 Å². The van der Waals surface area contributed by atoms with Gasteiger partial charge in [0.1, 0.15) is 6.33 Å². The Bertz CT molecular complexity index is 763. The lowest BCUT2D eigenvalue weighted by Crippen LogP contribution is -2.34. The number of ether oxygens (including phenoxy) is 3. The van der Waals surface area contributed by atoms with Crippen molar-refractivity contribution in [2.45, 2.75) is 45.1 Å². The quantitative estimate of drug-likeness (QED) is 0.741. The van der Waals surface area contributed by atoms with Crippen molar-refractivity contribution in [2.75, 3.05) is 26.6 Å². The van der Waals surface area contributed by atoms with Gasteiger partial charge in [0.05, 0.1) is 27.9 Å². The maximum absolute atomic E-state index is 12.9. The fourth-order valence-electron chi connectivity index (χ4n) is 3.99. The van der Waals surface area contributed by atoms with Gasteiger partial charge in [-0.25, -0.2) is 4.68 Å². The Kier molecular flexibility index (Phi) is 6.33. The molecule has 0 saturated heterocycles. The number of anilines is 1. The molecule has 0 bridgehead atoms. The Labute approximate surface area is 164 Å². The minimum absolute atomic E-state index is 0.0516. The lowest BCUT2D eigenvalue weighted by molar-refractivity contribution is -0.119. The van der Waals surface area contributed by atoms with E-state index in [2.05, 4.69) is 20.8 Å². The Morgan fingerprint density at radius 1 is 1.11 bits per heavy atom. The number of aromatic nitrogens is 4. The summed E-state index contributed by atoms with van der Waals surface area (Å²) >= 11 is 0. The molecule has 1 aromatic carbocycles. The number of methoxy groups -OCH3 is 3. The number of carbonyl (C=O) groups is 1. The van der Waals surface area contributed by atoms with E-state index in [1.165, 1.54) is 6.42 Å². The van der Waals surface area contributed by atoms with Crippen molar-refractivity contribution < 1.29 is 19.0 Å². The van der Waals surface area contributed by atoms with Gasteiger partial charge in [-0.3, -0.25) is 4.79 Å². The molecule has 1 saturated carbocycles. The third-order valence-electron chi connectivity index (χ3n) is 5.29. The molecule has 1 amide bonds. The maximum Gasteiger partial charge on any atom is 0.225 e. The van der Waals surface area contributed by atoms with Crippen LogP contribution in [0.25, 0.3) is 0 Å². The number of hydrogen-bond acceptors (Lipinski definition) is 7. The van der Waals surface area contributed by atoms with Crippen LogP contribution in [0, 0.1) is 5.41 Å². The lowest BCUT2D eigenvalue weighted by atomic mass is 9.71. The molecule has 28 heavy (non-hydrogen) atoms. The Balaban J connectivity index is 1.76.